The molecule has 20 heavy (non-hydrogen) atoms. The summed E-state index contributed by atoms with van der Waals surface area (Å²) in [4.78, 5) is 10.9. The number of ether oxygens (including phenoxy) is 2. The van der Waals surface area contributed by atoms with Gasteiger partial charge in [-0.05, 0) is 43.4 Å². The lowest BCUT2D eigenvalue weighted by Gasteiger charge is -2.09. The smallest absolute Gasteiger partial charge is 0.305 e. The summed E-state index contributed by atoms with van der Waals surface area (Å²) in [7, 11) is 1.37. The average Bonchev–Trinajstić information content (AvgIpc) is 2.46. The highest BCUT2D eigenvalue weighted by molar-refractivity contribution is 5.68. The minimum absolute atomic E-state index is 0.224. The van der Waals surface area contributed by atoms with Gasteiger partial charge < -0.3 is 9.47 Å². The maximum atomic E-state index is 13.6. The third-order valence-electron chi connectivity index (χ3n) is 3.08. The highest BCUT2D eigenvalue weighted by Crippen LogP contribution is 2.20. The van der Waals surface area contributed by atoms with Crippen LogP contribution in [0, 0.1) is 5.82 Å². The van der Waals surface area contributed by atoms with Crippen molar-refractivity contribution in [1.29, 1.82) is 0 Å². The third kappa shape index (κ3) is 6.04. The fraction of sp³-hybridized carbons (Fsp3) is 0.562. The van der Waals surface area contributed by atoms with E-state index >= 15 is 0 Å². The maximum absolute atomic E-state index is 13.6. The van der Waals surface area contributed by atoms with Gasteiger partial charge in [0.15, 0.2) is 11.6 Å². The second-order valence-electron chi connectivity index (χ2n) is 4.75. The fourth-order valence-corrected chi connectivity index (χ4v) is 1.85. The van der Waals surface area contributed by atoms with Crippen LogP contribution < -0.4 is 4.74 Å². The number of rotatable bonds is 9. The van der Waals surface area contributed by atoms with Crippen LogP contribution in [0.2, 0.25) is 0 Å². The molecule has 0 unspecified atom stereocenters. The molecule has 0 aliphatic heterocycles. The Hall–Kier alpha value is -1.58. The highest BCUT2D eigenvalue weighted by atomic mass is 19.1. The summed E-state index contributed by atoms with van der Waals surface area (Å²) in [5.74, 6) is -0.257. The molecule has 0 atom stereocenters. The van der Waals surface area contributed by atoms with Crippen molar-refractivity contribution in [2.45, 2.75) is 45.4 Å². The van der Waals surface area contributed by atoms with Crippen molar-refractivity contribution in [3.8, 4) is 5.75 Å². The molecular formula is C16H23FO3. The number of hydrogen-bond acceptors (Lipinski definition) is 3. The predicted octanol–water partition coefficient (Wildman–Crippen LogP) is 3.89. The molecule has 0 saturated heterocycles. The number of carbonyl (C=O) groups is 1. The van der Waals surface area contributed by atoms with Crippen molar-refractivity contribution in [1.82, 2.24) is 0 Å². The summed E-state index contributed by atoms with van der Waals surface area (Å²) in [5, 5.41) is 0. The lowest BCUT2D eigenvalue weighted by atomic mass is 10.1. The number of benzene rings is 1. The quantitative estimate of drug-likeness (QED) is 0.509. The maximum Gasteiger partial charge on any atom is 0.305 e. The molecule has 3 nitrogen and oxygen atoms in total. The van der Waals surface area contributed by atoms with Crippen LogP contribution >= 0.6 is 0 Å². The zero-order valence-corrected chi connectivity index (χ0v) is 12.3. The van der Waals surface area contributed by atoms with E-state index in [1.54, 1.807) is 12.1 Å². The molecule has 0 aromatic heterocycles. The Morgan fingerprint density at radius 3 is 2.75 bits per heavy atom. The Morgan fingerprint density at radius 2 is 2.05 bits per heavy atom. The molecule has 0 heterocycles. The van der Waals surface area contributed by atoms with E-state index < -0.39 is 0 Å². The number of esters is 1. The summed E-state index contributed by atoms with van der Waals surface area (Å²) < 4.78 is 23.6. The van der Waals surface area contributed by atoms with E-state index in [9.17, 15) is 9.18 Å². The van der Waals surface area contributed by atoms with Crippen LogP contribution in [-0.2, 0) is 16.0 Å². The Labute approximate surface area is 120 Å². The van der Waals surface area contributed by atoms with Crippen LogP contribution in [0.3, 0.4) is 0 Å². The Morgan fingerprint density at radius 1 is 1.25 bits per heavy atom. The van der Waals surface area contributed by atoms with E-state index in [0.717, 1.165) is 24.8 Å². The van der Waals surface area contributed by atoms with Gasteiger partial charge >= 0.3 is 5.97 Å². The number of halogens is 1. The fourth-order valence-electron chi connectivity index (χ4n) is 1.85. The molecule has 0 saturated carbocycles. The monoisotopic (exact) mass is 282 g/mol. The van der Waals surface area contributed by atoms with Gasteiger partial charge in [0.1, 0.15) is 0 Å². The van der Waals surface area contributed by atoms with E-state index in [4.69, 9.17) is 4.74 Å². The van der Waals surface area contributed by atoms with Gasteiger partial charge in [0.25, 0.3) is 0 Å². The topological polar surface area (TPSA) is 35.5 Å². The first-order valence-corrected chi connectivity index (χ1v) is 7.15. The van der Waals surface area contributed by atoms with Crippen LogP contribution in [0.15, 0.2) is 18.2 Å². The standard InChI is InChI=1S/C16H23FO3/c1-3-4-7-13-9-10-14(17)15(12-13)20-11-6-5-8-16(18)19-2/h9-10,12H,3-8,11H2,1-2H3. The minimum Gasteiger partial charge on any atom is -0.491 e. The van der Waals surface area contributed by atoms with Gasteiger partial charge in [0.05, 0.1) is 13.7 Å². The lowest BCUT2D eigenvalue weighted by Crippen LogP contribution is -2.03. The van der Waals surface area contributed by atoms with E-state index in [1.807, 2.05) is 0 Å². The number of unbranched alkanes of at least 4 members (excludes halogenated alkanes) is 2. The van der Waals surface area contributed by atoms with E-state index in [1.165, 1.54) is 13.2 Å². The van der Waals surface area contributed by atoms with Crippen LogP contribution in [0.5, 0.6) is 5.75 Å². The first kappa shape index (κ1) is 16.5. The number of carbonyl (C=O) groups excluding carboxylic acids is 1. The van der Waals surface area contributed by atoms with Crippen LogP contribution in [0.25, 0.3) is 0 Å². The average molecular weight is 282 g/mol. The third-order valence-corrected chi connectivity index (χ3v) is 3.08. The molecule has 1 aromatic carbocycles. The van der Waals surface area contributed by atoms with Gasteiger partial charge in [0, 0.05) is 6.42 Å². The summed E-state index contributed by atoms with van der Waals surface area (Å²) in [5.41, 5.74) is 1.10. The second-order valence-corrected chi connectivity index (χ2v) is 4.75. The van der Waals surface area contributed by atoms with Crippen molar-refractivity contribution in [3.05, 3.63) is 29.6 Å². The summed E-state index contributed by atoms with van der Waals surface area (Å²) in [6.45, 7) is 2.54. The van der Waals surface area contributed by atoms with Gasteiger partial charge in [-0.25, -0.2) is 4.39 Å². The zero-order valence-electron chi connectivity index (χ0n) is 12.3. The molecule has 0 bridgehead atoms. The molecular weight excluding hydrogens is 259 g/mol. The summed E-state index contributed by atoms with van der Waals surface area (Å²) >= 11 is 0. The number of hydrogen-bond donors (Lipinski definition) is 0. The summed E-state index contributed by atoms with van der Waals surface area (Å²) in [6, 6.07) is 5.02. The largest absolute Gasteiger partial charge is 0.491 e. The lowest BCUT2D eigenvalue weighted by molar-refractivity contribution is -0.140. The van der Waals surface area contributed by atoms with Gasteiger partial charge in [-0.1, -0.05) is 19.4 Å². The van der Waals surface area contributed by atoms with Crippen LogP contribution in [0.4, 0.5) is 4.39 Å². The highest BCUT2D eigenvalue weighted by Gasteiger charge is 2.05. The van der Waals surface area contributed by atoms with Crippen molar-refractivity contribution < 1.29 is 18.7 Å². The Bertz CT molecular complexity index is 418. The summed E-state index contributed by atoms with van der Waals surface area (Å²) in [6.07, 6.45) is 4.90. The van der Waals surface area contributed by atoms with Crippen molar-refractivity contribution in [3.63, 3.8) is 0 Å². The second kappa shape index (κ2) is 9.34. The Kier molecular flexibility index (Phi) is 7.70. The molecule has 0 spiro atoms. The normalized spacial score (nSPS) is 10.3. The number of aryl methyl sites for hydroxylation is 1. The first-order valence-electron chi connectivity index (χ1n) is 7.15. The van der Waals surface area contributed by atoms with E-state index in [0.29, 0.717) is 31.6 Å². The van der Waals surface area contributed by atoms with Gasteiger partial charge in [0.2, 0.25) is 0 Å². The Balaban J connectivity index is 2.36. The molecule has 1 aromatic rings. The molecule has 0 radical (unpaired) electrons. The van der Waals surface area contributed by atoms with Crippen molar-refractivity contribution in [2.75, 3.05) is 13.7 Å². The molecule has 112 valence electrons. The predicted molar refractivity (Wildman–Crippen MR) is 76.4 cm³/mol. The van der Waals surface area contributed by atoms with Gasteiger partial charge in [-0.15, -0.1) is 0 Å². The van der Waals surface area contributed by atoms with Gasteiger partial charge in [-0.2, -0.15) is 0 Å². The molecule has 0 amide bonds. The van der Waals surface area contributed by atoms with Crippen molar-refractivity contribution >= 4 is 5.97 Å². The molecule has 4 heteroatoms. The molecule has 0 fully saturated rings. The number of methoxy groups -OCH3 is 1. The van der Waals surface area contributed by atoms with E-state index in [2.05, 4.69) is 11.7 Å². The zero-order chi connectivity index (χ0) is 14.8. The van der Waals surface area contributed by atoms with Crippen molar-refractivity contribution in [2.24, 2.45) is 0 Å². The molecule has 0 aliphatic rings. The molecule has 0 aliphatic carbocycles. The molecule has 0 N–H and O–H groups in total. The minimum atomic E-state index is -0.335. The van der Waals surface area contributed by atoms with E-state index in [-0.39, 0.29) is 11.8 Å². The van der Waals surface area contributed by atoms with Gasteiger partial charge in [-0.3, -0.25) is 4.79 Å². The first-order chi connectivity index (χ1) is 9.67. The van der Waals surface area contributed by atoms with Crippen LogP contribution in [0.1, 0.15) is 44.6 Å². The SMILES string of the molecule is CCCCc1ccc(F)c(OCCCCC(=O)OC)c1. The molecule has 1 rings (SSSR count). The van der Waals surface area contributed by atoms with Crippen LogP contribution in [-0.4, -0.2) is 19.7 Å².